The van der Waals surface area contributed by atoms with Crippen LogP contribution in [0.3, 0.4) is 0 Å². The van der Waals surface area contributed by atoms with Crippen LogP contribution in [0.15, 0.2) is 66.1 Å². The predicted molar refractivity (Wildman–Crippen MR) is 110 cm³/mol. The Morgan fingerprint density at radius 2 is 1.97 bits per heavy atom. The number of carbonyl (C=O) groups is 1. The van der Waals surface area contributed by atoms with Crippen LogP contribution < -0.4 is 10.1 Å². The van der Waals surface area contributed by atoms with E-state index in [4.69, 9.17) is 4.74 Å². The third-order valence-electron chi connectivity index (χ3n) is 4.09. The van der Waals surface area contributed by atoms with Crippen molar-refractivity contribution in [2.24, 2.45) is 0 Å². The first-order valence-electron chi connectivity index (χ1n) is 9.05. The number of thiazole rings is 1. The summed E-state index contributed by atoms with van der Waals surface area (Å²) in [6, 6.07) is 12.1. The van der Waals surface area contributed by atoms with E-state index in [0.29, 0.717) is 17.9 Å². The standard InChI is InChI=1S/C22H19F3N2O2S/c1-15-26-18(14-30-15)13-29-19-9-5-6-16(12-19)10-11-20(28)27-21(22(23,24)25)17-7-3-2-4-8-17/h2-12,14,21H,13H2,1H3,(H,27,28)/b11-10+. The summed E-state index contributed by atoms with van der Waals surface area (Å²) in [5.74, 6) is -0.272. The number of benzene rings is 2. The van der Waals surface area contributed by atoms with Gasteiger partial charge < -0.3 is 10.1 Å². The first kappa shape index (κ1) is 21.6. The number of hydrogen-bond acceptors (Lipinski definition) is 4. The van der Waals surface area contributed by atoms with Crippen LogP contribution in [0.5, 0.6) is 5.75 Å². The fourth-order valence-corrected chi connectivity index (χ4v) is 3.30. The average Bonchev–Trinajstić information content (AvgIpc) is 3.14. The van der Waals surface area contributed by atoms with Crippen LogP contribution in [-0.4, -0.2) is 17.1 Å². The van der Waals surface area contributed by atoms with E-state index in [1.807, 2.05) is 17.6 Å². The van der Waals surface area contributed by atoms with Gasteiger partial charge in [0.15, 0.2) is 6.04 Å². The molecule has 3 aromatic rings. The summed E-state index contributed by atoms with van der Waals surface area (Å²) >= 11 is 1.53. The maximum Gasteiger partial charge on any atom is 0.412 e. The van der Waals surface area contributed by atoms with Crippen LogP contribution in [-0.2, 0) is 11.4 Å². The highest BCUT2D eigenvalue weighted by molar-refractivity contribution is 7.09. The number of alkyl halides is 3. The van der Waals surface area contributed by atoms with E-state index < -0.39 is 18.1 Å². The van der Waals surface area contributed by atoms with Crippen molar-refractivity contribution in [1.82, 2.24) is 10.3 Å². The predicted octanol–water partition coefficient (Wildman–Crippen LogP) is 5.46. The average molecular weight is 432 g/mol. The van der Waals surface area contributed by atoms with Crippen LogP contribution in [0, 0.1) is 6.92 Å². The molecule has 0 saturated heterocycles. The summed E-state index contributed by atoms with van der Waals surface area (Å²) in [5, 5.41) is 4.88. The van der Waals surface area contributed by atoms with Gasteiger partial charge in [-0.1, -0.05) is 42.5 Å². The maximum absolute atomic E-state index is 13.3. The molecule has 156 valence electrons. The SMILES string of the molecule is Cc1nc(COc2cccc(/C=C/C(=O)NC(c3ccccc3)C(F)(F)F)c2)cs1. The van der Waals surface area contributed by atoms with Crippen molar-refractivity contribution in [1.29, 1.82) is 0 Å². The Bertz CT molecular complexity index is 1020. The zero-order chi connectivity index (χ0) is 21.6. The van der Waals surface area contributed by atoms with E-state index in [1.165, 1.54) is 41.7 Å². The molecule has 4 nitrogen and oxygen atoms in total. The molecule has 30 heavy (non-hydrogen) atoms. The van der Waals surface area contributed by atoms with Gasteiger partial charge in [-0.25, -0.2) is 4.98 Å². The van der Waals surface area contributed by atoms with Crippen LogP contribution in [0.1, 0.15) is 27.9 Å². The number of hydrogen-bond donors (Lipinski definition) is 1. The summed E-state index contributed by atoms with van der Waals surface area (Å²) in [6.45, 7) is 2.22. The number of nitrogens with one attached hydrogen (secondary N) is 1. The van der Waals surface area contributed by atoms with Crippen LogP contribution in [0.2, 0.25) is 0 Å². The molecule has 1 atom stereocenters. The first-order valence-corrected chi connectivity index (χ1v) is 9.93. The fraction of sp³-hybridized carbons (Fsp3) is 0.182. The van der Waals surface area contributed by atoms with Crippen molar-refractivity contribution >= 4 is 23.3 Å². The Labute approximate surface area is 176 Å². The molecule has 0 radical (unpaired) electrons. The van der Waals surface area contributed by atoms with Gasteiger partial charge in [-0.3, -0.25) is 4.79 Å². The Morgan fingerprint density at radius 3 is 2.63 bits per heavy atom. The van der Waals surface area contributed by atoms with Gasteiger partial charge in [0, 0.05) is 11.5 Å². The van der Waals surface area contributed by atoms with Crippen molar-refractivity contribution in [3.63, 3.8) is 0 Å². The highest BCUT2D eigenvalue weighted by atomic mass is 32.1. The molecule has 0 aliphatic carbocycles. The quantitative estimate of drug-likeness (QED) is 0.504. The number of rotatable bonds is 7. The normalized spacial score (nSPS) is 12.7. The van der Waals surface area contributed by atoms with Gasteiger partial charge in [0.1, 0.15) is 12.4 Å². The number of halogens is 3. The molecule has 0 spiro atoms. The monoisotopic (exact) mass is 432 g/mol. The highest BCUT2D eigenvalue weighted by Crippen LogP contribution is 2.32. The summed E-state index contributed by atoms with van der Waals surface area (Å²) in [4.78, 5) is 16.4. The lowest BCUT2D eigenvalue weighted by Crippen LogP contribution is -2.37. The van der Waals surface area contributed by atoms with Crippen LogP contribution in [0.25, 0.3) is 6.08 Å². The van der Waals surface area contributed by atoms with Crippen molar-refractivity contribution in [2.45, 2.75) is 25.7 Å². The molecule has 3 rings (SSSR count). The Hall–Kier alpha value is -3.13. The van der Waals surface area contributed by atoms with Gasteiger partial charge in [0.05, 0.1) is 10.7 Å². The third-order valence-corrected chi connectivity index (χ3v) is 4.91. The second kappa shape index (κ2) is 9.58. The smallest absolute Gasteiger partial charge is 0.412 e. The molecule has 0 bridgehead atoms. The lowest BCUT2D eigenvalue weighted by atomic mass is 10.1. The summed E-state index contributed by atoms with van der Waals surface area (Å²) < 4.78 is 45.7. The molecule has 2 aromatic carbocycles. The molecular formula is C22H19F3N2O2S. The van der Waals surface area contributed by atoms with E-state index >= 15 is 0 Å². The van der Waals surface area contributed by atoms with Gasteiger partial charge in [-0.05, 0) is 36.3 Å². The molecule has 1 N–H and O–H groups in total. The van der Waals surface area contributed by atoms with Crippen molar-refractivity contribution in [2.75, 3.05) is 0 Å². The lowest BCUT2D eigenvalue weighted by molar-refractivity contribution is -0.162. The van der Waals surface area contributed by atoms with E-state index in [9.17, 15) is 18.0 Å². The second-order valence-electron chi connectivity index (χ2n) is 6.45. The minimum Gasteiger partial charge on any atom is -0.487 e. The fourth-order valence-electron chi connectivity index (χ4n) is 2.70. The molecule has 1 unspecified atom stereocenters. The summed E-state index contributed by atoms with van der Waals surface area (Å²) in [6.07, 6.45) is -2.09. The molecule has 8 heteroatoms. The largest absolute Gasteiger partial charge is 0.487 e. The second-order valence-corrected chi connectivity index (χ2v) is 7.51. The van der Waals surface area contributed by atoms with E-state index in [1.54, 1.807) is 30.3 Å². The number of nitrogens with zero attached hydrogens (tertiary/aromatic N) is 1. The third kappa shape index (κ3) is 6.18. The Morgan fingerprint density at radius 1 is 1.20 bits per heavy atom. The molecule has 0 aliphatic heterocycles. The molecule has 0 saturated carbocycles. The van der Waals surface area contributed by atoms with Crippen LogP contribution in [0.4, 0.5) is 13.2 Å². The number of aryl methyl sites for hydroxylation is 1. The molecule has 1 heterocycles. The van der Waals surface area contributed by atoms with E-state index in [0.717, 1.165) is 16.8 Å². The number of ether oxygens (including phenoxy) is 1. The Balaban J connectivity index is 1.63. The van der Waals surface area contributed by atoms with Gasteiger partial charge in [0.25, 0.3) is 0 Å². The van der Waals surface area contributed by atoms with Gasteiger partial charge >= 0.3 is 6.18 Å². The van der Waals surface area contributed by atoms with Gasteiger partial charge in [0.2, 0.25) is 5.91 Å². The maximum atomic E-state index is 13.3. The van der Waals surface area contributed by atoms with Crippen LogP contribution >= 0.6 is 11.3 Å². The van der Waals surface area contributed by atoms with Crippen molar-refractivity contribution < 1.29 is 22.7 Å². The minimum absolute atomic E-state index is 0.0283. The molecule has 0 aliphatic rings. The number of amides is 1. The molecule has 1 amide bonds. The molecule has 0 fully saturated rings. The van der Waals surface area contributed by atoms with E-state index in [2.05, 4.69) is 4.98 Å². The zero-order valence-electron chi connectivity index (χ0n) is 16.0. The van der Waals surface area contributed by atoms with Crippen molar-refractivity contribution in [3.8, 4) is 5.75 Å². The summed E-state index contributed by atoms with van der Waals surface area (Å²) in [5.41, 5.74) is 1.41. The van der Waals surface area contributed by atoms with Gasteiger partial charge in [-0.2, -0.15) is 13.2 Å². The molecular weight excluding hydrogens is 413 g/mol. The minimum atomic E-state index is -4.60. The van der Waals surface area contributed by atoms with E-state index in [-0.39, 0.29) is 5.56 Å². The Kier molecular flexibility index (Phi) is 6.89. The topological polar surface area (TPSA) is 51.2 Å². The molecule has 1 aromatic heterocycles. The number of carbonyl (C=O) groups excluding carboxylic acids is 1. The summed E-state index contributed by atoms with van der Waals surface area (Å²) in [7, 11) is 0. The van der Waals surface area contributed by atoms with Crippen molar-refractivity contribution in [3.05, 3.63) is 87.9 Å². The zero-order valence-corrected chi connectivity index (χ0v) is 16.8. The van der Waals surface area contributed by atoms with Gasteiger partial charge in [-0.15, -0.1) is 11.3 Å². The first-order chi connectivity index (χ1) is 14.3. The number of aromatic nitrogens is 1. The lowest BCUT2D eigenvalue weighted by Gasteiger charge is -2.21. The highest BCUT2D eigenvalue weighted by Gasteiger charge is 2.41.